The van der Waals surface area contributed by atoms with Crippen molar-refractivity contribution in [3.63, 3.8) is 0 Å². The molecule has 1 fully saturated rings. The molecule has 0 unspecified atom stereocenters. The van der Waals surface area contributed by atoms with Crippen LogP contribution >= 0.6 is 0 Å². The van der Waals surface area contributed by atoms with E-state index in [0.717, 1.165) is 25.2 Å². The smallest absolute Gasteiger partial charge is 0.341 e. The van der Waals surface area contributed by atoms with Crippen LogP contribution in [0, 0.1) is 0 Å². The number of ether oxygens (including phenoxy) is 1. The summed E-state index contributed by atoms with van der Waals surface area (Å²) in [6, 6.07) is 11.7. The summed E-state index contributed by atoms with van der Waals surface area (Å²) >= 11 is 0. The van der Waals surface area contributed by atoms with E-state index in [1.54, 1.807) is 0 Å². The molecule has 0 amide bonds. The van der Waals surface area contributed by atoms with Gasteiger partial charge in [0, 0.05) is 43.5 Å². The predicted octanol–water partition coefficient (Wildman–Crippen LogP) is 2.14. The van der Waals surface area contributed by atoms with Gasteiger partial charge in [0.05, 0.1) is 0 Å². The maximum absolute atomic E-state index is 10.6. The fourth-order valence-corrected chi connectivity index (χ4v) is 2.70. The topological polar surface area (TPSA) is 62.7 Å². The third-order valence-corrected chi connectivity index (χ3v) is 3.85. The molecule has 0 spiro atoms. The number of aliphatic carboxylic acids is 1. The minimum absolute atomic E-state index is 0.309. The lowest BCUT2D eigenvalue weighted by Gasteiger charge is -2.39. The van der Waals surface area contributed by atoms with Crippen molar-refractivity contribution in [1.29, 1.82) is 0 Å². The van der Waals surface area contributed by atoms with Gasteiger partial charge in [0.15, 0.2) is 6.61 Å². The van der Waals surface area contributed by atoms with Crippen LogP contribution < -0.4 is 4.74 Å². The van der Waals surface area contributed by atoms with Crippen molar-refractivity contribution in [2.24, 2.45) is 0 Å². The Hall–Kier alpha value is -2.40. The Morgan fingerprint density at radius 3 is 2.68 bits per heavy atom. The summed E-state index contributed by atoms with van der Waals surface area (Å²) in [6.07, 6.45) is 3.65. The second kappa shape index (κ2) is 6.58. The molecule has 114 valence electrons. The van der Waals surface area contributed by atoms with E-state index in [2.05, 4.69) is 22.0 Å². The van der Waals surface area contributed by atoms with E-state index in [4.69, 9.17) is 9.84 Å². The minimum atomic E-state index is -0.962. The van der Waals surface area contributed by atoms with Gasteiger partial charge in [0.25, 0.3) is 0 Å². The number of pyridine rings is 1. The molecule has 5 nitrogen and oxygen atoms in total. The normalized spacial score (nSPS) is 15.3. The number of carboxylic acid groups (broad SMARTS) is 1. The first-order valence-electron chi connectivity index (χ1n) is 7.27. The van der Waals surface area contributed by atoms with Crippen LogP contribution in [0.15, 0.2) is 48.8 Å². The Bertz CT molecular complexity index is 639. The second-order valence-corrected chi connectivity index (χ2v) is 5.46. The molecular formula is C17H18N2O3. The fraction of sp³-hybridized carbons (Fsp3) is 0.294. The Morgan fingerprint density at radius 2 is 1.95 bits per heavy atom. The maximum atomic E-state index is 10.6. The van der Waals surface area contributed by atoms with E-state index in [1.165, 1.54) is 5.56 Å². The molecule has 1 N–H and O–H groups in total. The van der Waals surface area contributed by atoms with E-state index in [-0.39, 0.29) is 6.61 Å². The lowest BCUT2D eigenvalue weighted by Crippen LogP contribution is -2.44. The molecule has 0 radical (unpaired) electrons. The second-order valence-electron chi connectivity index (χ2n) is 5.46. The van der Waals surface area contributed by atoms with Crippen LogP contribution in [-0.2, 0) is 11.3 Å². The van der Waals surface area contributed by atoms with Gasteiger partial charge >= 0.3 is 5.97 Å². The Labute approximate surface area is 129 Å². The number of hydrogen-bond donors (Lipinski definition) is 1. The number of aromatic nitrogens is 1. The van der Waals surface area contributed by atoms with E-state index < -0.39 is 5.97 Å². The highest BCUT2D eigenvalue weighted by Crippen LogP contribution is 2.29. The van der Waals surface area contributed by atoms with Crippen molar-refractivity contribution in [3.05, 3.63) is 59.9 Å². The molecule has 5 heteroatoms. The summed E-state index contributed by atoms with van der Waals surface area (Å²) in [5, 5.41) is 8.73. The fourth-order valence-electron chi connectivity index (χ4n) is 2.70. The van der Waals surface area contributed by atoms with Crippen LogP contribution in [0.1, 0.15) is 17.0 Å². The number of benzene rings is 1. The summed E-state index contributed by atoms with van der Waals surface area (Å²) in [6.45, 7) is 2.46. The Kier molecular flexibility index (Phi) is 4.34. The molecule has 1 saturated heterocycles. The van der Waals surface area contributed by atoms with Crippen LogP contribution in [-0.4, -0.2) is 40.7 Å². The van der Waals surface area contributed by atoms with Crippen LogP contribution in [0.2, 0.25) is 0 Å². The maximum Gasteiger partial charge on any atom is 0.341 e. The molecule has 1 aromatic carbocycles. The monoisotopic (exact) mass is 298 g/mol. The van der Waals surface area contributed by atoms with Crippen LogP contribution in [0.4, 0.5) is 0 Å². The largest absolute Gasteiger partial charge is 0.482 e. The summed E-state index contributed by atoms with van der Waals surface area (Å²) in [5.74, 6) is 0.240. The van der Waals surface area contributed by atoms with Crippen molar-refractivity contribution in [1.82, 2.24) is 9.88 Å². The molecule has 3 rings (SSSR count). The zero-order chi connectivity index (χ0) is 15.4. The molecule has 0 aliphatic carbocycles. The average Bonchev–Trinajstić information content (AvgIpc) is 2.50. The minimum Gasteiger partial charge on any atom is -0.482 e. The molecule has 22 heavy (non-hydrogen) atoms. The number of nitrogens with zero attached hydrogens (tertiary/aromatic N) is 2. The molecule has 1 aromatic heterocycles. The van der Waals surface area contributed by atoms with Crippen molar-refractivity contribution in [2.75, 3.05) is 19.7 Å². The SMILES string of the molecule is O=C(O)COc1ccccc1CN1CC(c2ccncc2)C1. The first kappa shape index (κ1) is 14.5. The lowest BCUT2D eigenvalue weighted by molar-refractivity contribution is -0.139. The van der Waals surface area contributed by atoms with Gasteiger partial charge in [-0.25, -0.2) is 4.79 Å². The number of rotatable bonds is 6. The Balaban J connectivity index is 1.58. The van der Waals surface area contributed by atoms with Crippen molar-refractivity contribution >= 4 is 5.97 Å². The highest BCUT2D eigenvalue weighted by atomic mass is 16.5. The number of para-hydroxylation sites is 1. The molecule has 1 aliphatic heterocycles. The standard InChI is InChI=1S/C17H18N2O3/c20-17(21)12-22-16-4-2-1-3-14(16)9-19-10-15(11-19)13-5-7-18-8-6-13/h1-8,15H,9-12H2,(H,20,21). The zero-order valence-corrected chi connectivity index (χ0v) is 12.2. The first-order chi connectivity index (χ1) is 10.7. The third-order valence-electron chi connectivity index (χ3n) is 3.85. The number of hydrogen-bond acceptors (Lipinski definition) is 4. The van der Waals surface area contributed by atoms with Gasteiger partial charge in [-0.15, -0.1) is 0 Å². The average molecular weight is 298 g/mol. The van der Waals surface area contributed by atoms with Gasteiger partial charge in [0.1, 0.15) is 5.75 Å². The van der Waals surface area contributed by atoms with Crippen molar-refractivity contribution in [2.45, 2.75) is 12.5 Å². The van der Waals surface area contributed by atoms with Gasteiger partial charge in [-0.3, -0.25) is 9.88 Å². The highest BCUT2D eigenvalue weighted by molar-refractivity contribution is 5.68. The summed E-state index contributed by atoms with van der Waals surface area (Å²) in [5.41, 5.74) is 2.35. The number of likely N-dealkylation sites (tertiary alicyclic amines) is 1. The summed E-state index contributed by atoms with van der Waals surface area (Å²) in [4.78, 5) is 17.0. The zero-order valence-electron chi connectivity index (χ0n) is 12.2. The van der Waals surface area contributed by atoms with Gasteiger partial charge in [-0.05, 0) is 23.8 Å². The molecular weight excluding hydrogens is 280 g/mol. The van der Waals surface area contributed by atoms with E-state index in [1.807, 2.05) is 36.7 Å². The Morgan fingerprint density at radius 1 is 1.23 bits per heavy atom. The third kappa shape index (κ3) is 3.43. The van der Waals surface area contributed by atoms with Crippen molar-refractivity contribution in [3.8, 4) is 5.75 Å². The molecule has 0 bridgehead atoms. The van der Waals surface area contributed by atoms with Gasteiger partial charge in [0.2, 0.25) is 0 Å². The molecule has 0 saturated carbocycles. The number of carboxylic acids is 1. The molecule has 2 heterocycles. The first-order valence-corrected chi connectivity index (χ1v) is 7.27. The van der Waals surface area contributed by atoms with E-state index >= 15 is 0 Å². The van der Waals surface area contributed by atoms with Crippen LogP contribution in [0.5, 0.6) is 5.75 Å². The highest BCUT2D eigenvalue weighted by Gasteiger charge is 2.28. The molecule has 2 aromatic rings. The predicted molar refractivity (Wildman–Crippen MR) is 81.8 cm³/mol. The van der Waals surface area contributed by atoms with Crippen LogP contribution in [0.3, 0.4) is 0 Å². The quantitative estimate of drug-likeness (QED) is 0.885. The lowest BCUT2D eigenvalue weighted by atomic mass is 9.92. The van der Waals surface area contributed by atoms with Crippen molar-refractivity contribution < 1.29 is 14.6 Å². The van der Waals surface area contributed by atoms with Crippen LogP contribution in [0.25, 0.3) is 0 Å². The summed E-state index contributed by atoms with van der Waals surface area (Å²) < 4.78 is 5.35. The van der Waals surface area contributed by atoms with Gasteiger partial charge in [-0.2, -0.15) is 0 Å². The van der Waals surface area contributed by atoms with E-state index in [0.29, 0.717) is 11.7 Å². The summed E-state index contributed by atoms with van der Waals surface area (Å²) in [7, 11) is 0. The number of carbonyl (C=O) groups is 1. The van der Waals surface area contributed by atoms with Gasteiger partial charge < -0.3 is 9.84 Å². The van der Waals surface area contributed by atoms with E-state index in [9.17, 15) is 4.79 Å². The van der Waals surface area contributed by atoms with Gasteiger partial charge in [-0.1, -0.05) is 18.2 Å². The molecule has 0 atom stereocenters. The molecule has 1 aliphatic rings.